The first-order valence-corrected chi connectivity index (χ1v) is 6.94. The van der Waals surface area contributed by atoms with Crippen LogP contribution in [0, 0.1) is 0 Å². The molecule has 20 heavy (non-hydrogen) atoms. The lowest BCUT2D eigenvalue weighted by atomic mass is 9.80. The number of nitrogens with zero attached hydrogens (tertiary/aromatic N) is 1. The van der Waals surface area contributed by atoms with Crippen molar-refractivity contribution >= 4 is 12.6 Å². The van der Waals surface area contributed by atoms with Gasteiger partial charge in [-0.1, -0.05) is 6.07 Å². The van der Waals surface area contributed by atoms with Crippen LogP contribution in [-0.4, -0.2) is 36.5 Å². The smallest absolute Gasteiger partial charge is 0.399 e. The predicted molar refractivity (Wildman–Crippen MR) is 74.6 cm³/mol. The van der Waals surface area contributed by atoms with E-state index in [0.29, 0.717) is 13.2 Å². The van der Waals surface area contributed by atoms with Crippen LogP contribution in [0.2, 0.25) is 0 Å². The summed E-state index contributed by atoms with van der Waals surface area (Å²) >= 11 is 0. The zero-order valence-electron chi connectivity index (χ0n) is 12.4. The first-order valence-electron chi connectivity index (χ1n) is 6.94. The highest BCUT2D eigenvalue weighted by Gasteiger charge is 2.51. The Balaban J connectivity index is 1.75. The maximum absolute atomic E-state index is 5.99. The Hall–Kier alpha value is -0.945. The van der Waals surface area contributed by atoms with Crippen molar-refractivity contribution in [3.05, 3.63) is 24.0 Å². The van der Waals surface area contributed by atoms with Gasteiger partial charge in [-0.2, -0.15) is 0 Å². The quantitative estimate of drug-likeness (QED) is 0.765. The van der Waals surface area contributed by atoms with Crippen LogP contribution in [0.5, 0.6) is 0 Å². The van der Waals surface area contributed by atoms with Crippen molar-refractivity contribution in [2.75, 3.05) is 13.2 Å². The predicted octanol–water partition coefficient (Wildman–Crippen LogP) is 1.43. The second kappa shape index (κ2) is 4.81. The molecule has 0 unspecified atom stereocenters. The van der Waals surface area contributed by atoms with Gasteiger partial charge in [0.05, 0.1) is 30.1 Å². The van der Waals surface area contributed by atoms with Gasteiger partial charge in [0.15, 0.2) is 0 Å². The van der Waals surface area contributed by atoms with Crippen LogP contribution in [0.1, 0.15) is 39.7 Å². The summed E-state index contributed by atoms with van der Waals surface area (Å²) in [5, 5.41) is 0. The van der Waals surface area contributed by atoms with Crippen molar-refractivity contribution in [3.8, 4) is 0 Å². The van der Waals surface area contributed by atoms with Crippen LogP contribution < -0.4 is 5.46 Å². The zero-order valence-corrected chi connectivity index (χ0v) is 12.4. The lowest BCUT2D eigenvalue weighted by Gasteiger charge is -2.32. The Labute approximate surface area is 119 Å². The van der Waals surface area contributed by atoms with Crippen LogP contribution in [0.4, 0.5) is 0 Å². The van der Waals surface area contributed by atoms with Gasteiger partial charge in [-0.25, -0.2) is 0 Å². The second-order valence-electron chi connectivity index (χ2n) is 6.18. The monoisotopic (exact) mass is 277 g/mol. The van der Waals surface area contributed by atoms with E-state index in [9.17, 15) is 0 Å². The maximum atomic E-state index is 5.99. The second-order valence-corrected chi connectivity index (χ2v) is 6.18. The summed E-state index contributed by atoms with van der Waals surface area (Å²) in [4.78, 5) is 4.39. The first kappa shape index (κ1) is 14.0. The van der Waals surface area contributed by atoms with Gasteiger partial charge in [0, 0.05) is 11.7 Å². The molecule has 1 aromatic rings. The fraction of sp³-hybridized carbons (Fsp3) is 0.643. The lowest BCUT2D eigenvalue weighted by Crippen LogP contribution is -2.41. The molecule has 0 amide bonds. The molecule has 0 saturated carbocycles. The van der Waals surface area contributed by atoms with Crippen LogP contribution in [0.15, 0.2) is 18.3 Å². The number of hydrogen-bond donors (Lipinski definition) is 0. The van der Waals surface area contributed by atoms with Crippen molar-refractivity contribution in [2.45, 2.75) is 45.2 Å². The minimum atomic E-state index is -0.382. The Kier molecular flexibility index (Phi) is 3.37. The zero-order chi connectivity index (χ0) is 14.4. The molecule has 0 radical (unpaired) electrons. The average Bonchev–Trinajstić information content (AvgIpc) is 2.97. The van der Waals surface area contributed by atoms with E-state index in [-0.39, 0.29) is 24.6 Å². The molecule has 3 heterocycles. The van der Waals surface area contributed by atoms with Crippen molar-refractivity contribution in [2.24, 2.45) is 0 Å². The van der Waals surface area contributed by atoms with Crippen LogP contribution in [0.25, 0.3) is 0 Å². The Bertz CT molecular complexity index is 466. The molecule has 0 atom stereocenters. The number of rotatable bonds is 2. The Morgan fingerprint density at radius 2 is 1.65 bits per heavy atom. The minimum absolute atomic E-state index is 0.339. The summed E-state index contributed by atoms with van der Waals surface area (Å²) in [6.45, 7) is 9.38. The van der Waals surface area contributed by atoms with E-state index in [2.05, 4.69) is 4.98 Å². The molecule has 2 saturated heterocycles. The molecule has 0 spiro atoms. The molecular formula is C14H20BNO4. The summed E-state index contributed by atoms with van der Waals surface area (Å²) in [5.41, 5.74) is 1.01. The number of aromatic nitrogens is 1. The molecule has 6 heteroatoms. The summed E-state index contributed by atoms with van der Waals surface area (Å²) in [7, 11) is -0.382. The van der Waals surface area contributed by atoms with E-state index in [1.54, 1.807) is 6.20 Å². The van der Waals surface area contributed by atoms with E-state index in [0.717, 1.165) is 11.2 Å². The van der Waals surface area contributed by atoms with Gasteiger partial charge in [-0.3, -0.25) is 4.98 Å². The first-order chi connectivity index (χ1) is 9.39. The third-order valence-electron chi connectivity index (χ3n) is 4.20. The van der Waals surface area contributed by atoms with Gasteiger partial charge >= 0.3 is 7.12 Å². The van der Waals surface area contributed by atoms with Crippen molar-refractivity contribution in [1.29, 1.82) is 0 Å². The van der Waals surface area contributed by atoms with Crippen molar-refractivity contribution in [1.82, 2.24) is 4.98 Å². The van der Waals surface area contributed by atoms with Gasteiger partial charge in [0.1, 0.15) is 0 Å². The number of ether oxygens (including phenoxy) is 2. The summed E-state index contributed by atoms with van der Waals surface area (Å²) < 4.78 is 22.8. The fourth-order valence-corrected chi connectivity index (χ4v) is 2.20. The average molecular weight is 277 g/mol. The van der Waals surface area contributed by atoms with Gasteiger partial charge in [0.2, 0.25) is 6.29 Å². The van der Waals surface area contributed by atoms with Crippen molar-refractivity contribution in [3.63, 3.8) is 0 Å². The fourth-order valence-electron chi connectivity index (χ4n) is 2.20. The molecule has 0 aliphatic carbocycles. The topological polar surface area (TPSA) is 49.8 Å². The van der Waals surface area contributed by atoms with Gasteiger partial charge in [0.25, 0.3) is 0 Å². The Morgan fingerprint density at radius 3 is 2.15 bits per heavy atom. The van der Waals surface area contributed by atoms with Gasteiger partial charge in [-0.15, -0.1) is 0 Å². The van der Waals surface area contributed by atoms with Crippen LogP contribution >= 0.6 is 0 Å². The van der Waals surface area contributed by atoms with Crippen LogP contribution in [0.3, 0.4) is 0 Å². The highest BCUT2D eigenvalue weighted by molar-refractivity contribution is 6.62. The highest BCUT2D eigenvalue weighted by Crippen LogP contribution is 2.36. The van der Waals surface area contributed by atoms with Gasteiger partial charge in [-0.05, 0) is 33.8 Å². The van der Waals surface area contributed by atoms with E-state index in [1.807, 2.05) is 39.8 Å². The summed E-state index contributed by atoms with van der Waals surface area (Å²) in [5.74, 6) is 0. The van der Waals surface area contributed by atoms with E-state index >= 15 is 0 Å². The molecule has 3 rings (SSSR count). The highest BCUT2D eigenvalue weighted by atomic mass is 16.7. The third kappa shape index (κ3) is 2.37. The summed E-state index contributed by atoms with van der Waals surface area (Å²) in [6, 6.07) is 3.85. The lowest BCUT2D eigenvalue weighted by molar-refractivity contribution is -0.0472. The molecule has 0 N–H and O–H groups in total. The molecule has 5 nitrogen and oxygen atoms in total. The van der Waals surface area contributed by atoms with Crippen LogP contribution in [-0.2, 0) is 18.8 Å². The molecule has 1 aromatic heterocycles. The minimum Gasteiger partial charge on any atom is -0.399 e. The SMILES string of the molecule is CC1(C)OB(c2ccc(C3OCCO3)nc2)OC1(C)C. The largest absolute Gasteiger partial charge is 0.496 e. The third-order valence-corrected chi connectivity index (χ3v) is 4.20. The molecule has 0 aromatic carbocycles. The molecule has 2 aliphatic heterocycles. The molecule has 2 aliphatic rings. The van der Waals surface area contributed by atoms with Gasteiger partial charge < -0.3 is 18.8 Å². The van der Waals surface area contributed by atoms with E-state index in [1.165, 1.54) is 0 Å². The normalized spacial score (nSPS) is 25.3. The standard InChI is InChI=1S/C14H20BNO4/c1-13(2)14(3,4)20-15(19-13)10-5-6-11(16-9-10)12-17-7-8-18-12/h5-6,9,12H,7-8H2,1-4H3. The maximum Gasteiger partial charge on any atom is 0.496 e. The summed E-state index contributed by atoms with van der Waals surface area (Å²) in [6.07, 6.45) is 1.42. The number of pyridine rings is 1. The molecule has 0 bridgehead atoms. The molecule has 2 fully saturated rings. The van der Waals surface area contributed by atoms with E-state index < -0.39 is 0 Å². The van der Waals surface area contributed by atoms with E-state index in [4.69, 9.17) is 18.8 Å². The molecule has 108 valence electrons. The van der Waals surface area contributed by atoms with Crippen molar-refractivity contribution < 1.29 is 18.8 Å². The Morgan fingerprint density at radius 1 is 1.05 bits per heavy atom. The number of hydrogen-bond acceptors (Lipinski definition) is 5. The molecular weight excluding hydrogens is 257 g/mol.